The molecule has 1 aliphatic heterocycles. The van der Waals surface area contributed by atoms with Gasteiger partial charge in [0.15, 0.2) is 0 Å². The lowest BCUT2D eigenvalue weighted by Crippen LogP contribution is -2.45. The quantitative estimate of drug-likeness (QED) is 0.796. The van der Waals surface area contributed by atoms with Gasteiger partial charge in [-0.3, -0.25) is 4.79 Å². The number of cyclic esters (lactones) is 1. The molecule has 2 atom stereocenters. The molecule has 0 aromatic heterocycles. The maximum absolute atomic E-state index is 12.7. The minimum absolute atomic E-state index is 0.0365. The molecule has 0 unspecified atom stereocenters. The molecule has 0 bridgehead atoms. The Labute approximate surface area is 137 Å². The van der Waals surface area contributed by atoms with Crippen molar-refractivity contribution in [1.82, 2.24) is 4.90 Å². The third kappa shape index (κ3) is 4.70. The van der Waals surface area contributed by atoms with E-state index in [4.69, 9.17) is 9.47 Å². The van der Waals surface area contributed by atoms with Crippen molar-refractivity contribution in [3.63, 3.8) is 0 Å². The Morgan fingerprint density at radius 1 is 1.38 bits per heavy atom. The lowest BCUT2D eigenvalue weighted by atomic mass is 10.0. The van der Waals surface area contributed by atoms with Crippen LogP contribution in [0.1, 0.15) is 12.0 Å². The highest BCUT2D eigenvalue weighted by molar-refractivity contribution is 5.95. The Morgan fingerprint density at radius 3 is 2.62 bits per heavy atom. The average molecular weight is 345 g/mol. The molecule has 132 valence electrons. The van der Waals surface area contributed by atoms with Gasteiger partial charge < -0.3 is 9.47 Å². The Bertz CT molecular complexity index is 576. The van der Waals surface area contributed by atoms with Crippen LogP contribution in [0.15, 0.2) is 30.3 Å². The number of carbonyl (C=O) groups is 2. The van der Waals surface area contributed by atoms with Crippen molar-refractivity contribution < 1.29 is 32.2 Å². The molecule has 24 heavy (non-hydrogen) atoms. The van der Waals surface area contributed by atoms with Crippen molar-refractivity contribution in [1.29, 1.82) is 0 Å². The number of imide groups is 1. The summed E-state index contributed by atoms with van der Waals surface area (Å²) in [6.45, 7) is -0.453. The summed E-state index contributed by atoms with van der Waals surface area (Å²) in [5.74, 6) is -2.39. The van der Waals surface area contributed by atoms with E-state index in [1.165, 1.54) is 7.11 Å². The fourth-order valence-corrected chi connectivity index (χ4v) is 2.66. The van der Waals surface area contributed by atoms with Crippen molar-refractivity contribution >= 4 is 12.0 Å². The van der Waals surface area contributed by atoms with E-state index >= 15 is 0 Å². The van der Waals surface area contributed by atoms with E-state index in [2.05, 4.69) is 0 Å². The molecule has 1 fully saturated rings. The van der Waals surface area contributed by atoms with Crippen LogP contribution in [-0.4, -0.2) is 49.4 Å². The summed E-state index contributed by atoms with van der Waals surface area (Å²) in [4.78, 5) is 25.1. The van der Waals surface area contributed by atoms with E-state index in [9.17, 15) is 22.8 Å². The first-order chi connectivity index (χ1) is 11.3. The van der Waals surface area contributed by atoms with Gasteiger partial charge in [0.1, 0.15) is 6.61 Å². The molecule has 8 heteroatoms. The van der Waals surface area contributed by atoms with Crippen LogP contribution in [0.5, 0.6) is 0 Å². The number of hydrogen-bond donors (Lipinski definition) is 0. The zero-order valence-corrected chi connectivity index (χ0v) is 13.1. The molecule has 1 aliphatic rings. The highest BCUT2D eigenvalue weighted by Gasteiger charge is 2.44. The molecule has 1 saturated heterocycles. The summed E-state index contributed by atoms with van der Waals surface area (Å²) in [6, 6.07) is 8.43. The van der Waals surface area contributed by atoms with Crippen molar-refractivity contribution in [2.24, 2.45) is 5.92 Å². The predicted octanol–water partition coefficient (Wildman–Crippen LogP) is 2.79. The second-order valence-electron chi connectivity index (χ2n) is 5.60. The van der Waals surface area contributed by atoms with Crippen LogP contribution in [0.3, 0.4) is 0 Å². The molecule has 0 radical (unpaired) electrons. The van der Waals surface area contributed by atoms with Crippen LogP contribution >= 0.6 is 0 Å². The van der Waals surface area contributed by atoms with Crippen LogP contribution in [0, 0.1) is 5.92 Å². The van der Waals surface area contributed by atoms with Crippen LogP contribution in [0.4, 0.5) is 18.0 Å². The molecule has 0 aliphatic carbocycles. The van der Waals surface area contributed by atoms with Gasteiger partial charge in [0.2, 0.25) is 5.91 Å². The molecule has 0 spiro atoms. The summed E-state index contributed by atoms with van der Waals surface area (Å²) in [5, 5.41) is 0. The SMILES string of the molecule is COC[C@H](CC(F)(F)F)C(=O)N1C(=O)OC[C@H]1Cc1ccccc1. The summed E-state index contributed by atoms with van der Waals surface area (Å²) >= 11 is 0. The first-order valence-corrected chi connectivity index (χ1v) is 7.41. The number of carbonyl (C=O) groups excluding carboxylic acids is 2. The van der Waals surface area contributed by atoms with Gasteiger partial charge in [0, 0.05) is 7.11 Å². The topological polar surface area (TPSA) is 55.8 Å². The molecule has 0 N–H and O–H groups in total. The summed E-state index contributed by atoms with van der Waals surface area (Å²) in [6.07, 6.45) is -6.47. The lowest BCUT2D eigenvalue weighted by Gasteiger charge is -2.25. The third-order valence-corrected chi connectivity index (χ3v) is 3.71. The third-order valence-electron chi connectivity index (χ3n) is 3.71. The first kappa shape index (κ1) is 18.3. The van der Waals surface area contributed by atoms with Crippen molar-refractivity contribution in [2.45, 2.75) is 25.1 Å². The summed E-state index contributed by atoms with van der Waals surface area (Å²) < 4.78 is 47.6. The number of amides is 2. The maximum Gasteiger partial charge on any atom is 0.416 e. The van der Waals surface area contributed by atoms with Crippen LogP contribution in [0.25, 0.3) is 0 Å². The zero-order chi connectivity index (χ0) is 17.7. The minimum Gasteiger partial charge on any atom is -0.447 e. The lowest BCUT2D eigenvalue weighted by molar-refractivity contribution is -0.162. The molecule has 1 aromatic rings. The van der Waals surface area contributed by atoms with E-state index in [1.54, 1.807) is 12.1 Å². The standard InChI is InChI=1S/C16H18F3NO4/c1-23-9-12(8-16(17,18)19)14(21)20-13(10-24-15(20)22)7-11-5-3-2-4-6-11/h2-6,12-13H,7-10H2,1H3/t12-,13+/m0/s1. The van der Waals surface area contributed by atoms with Gasteiger partial charge >= 0.3 is 12.3 Å². The fourth-order valence-electron chi connectivity index (χ4n) is 2.66. The van der Waals surface area contributed by atoms with Crippen LogP contribution in [0.2, 0.25) is 0 Å². The Balaban J connectivity index is 2.15. The molecule has 2 amide bonds. The molecule has 1 heterocycles. The van der Waals surface area contributed by atoms with Gasteiger partial charge in [-0.05, 0) is 12.0 Å². The number of hydrogen-bond acceptors (Lipinski definition) is 4. The van der Waals surface area contributed by atoms with E-state index < -0.39 is 43.2 Å². The normalized spacial score (nSPS) is 19.2. The molecule has 0 saturated carbocycles. The zero-order valence-electron chi connectivity index (χ0n) is 13.1. The second kappa shape index (κ2) is 7.65. The Hall–Kier alpha value is -2.09. The van der Waals surface area contributed by atoms with Crippen molar-refractivity contribution in [3.8, 4) is 0 Å². The number of halogens is 3. The number of alkyl halides is 3. The van der Waals surface area contributed by atoms with Crippen LogP contribution < -0.4 is 0 Å². The highest BCUT2D eigenvalue weighted by atomic mass is 19.4. The Morgan fingerprint density at radius 2 is 2.04 bits per heavy atom. The van der Waals surface area contributed by atoms with Gasteiger partial charge in [-0.15, -0.1) is 0 Å². The fraction of sp³-hybridized carbons (Fsp3) is 0.500. The van der Waals surface area contributed by atoms with Gasteiger partial charge in [-0.2, -0.15) is 13.2 Å². The van der Waals surface area contributed by atoms with Gasteiger partial charge in [-0.1, -0.05) is 30.3 Å². The number of ether oxygens (including phenoxy) is 2. The van der Waals surface area contributed by atoms with Crippen LogP contribution in [-0.2, 0) is 20.7 Å². The predicted molar refractivity (Wildman–Crippen MR) is 78.2 cm³/mol. The highest BCUT2D eigenvalue weighted by Crippen LogP contribution is 2.28. The summed E-state index contributed by atoms with van der Waals surface area (Å²) in [5.41, 5.74) is 0.859. The number of benzene rings is 1. The average Bonchev–Trinajstić information content (AvgIpc) is 2.86. The summed E-state index contributed by atoms with van der Waals surface area (Å²) in [7, 11) is 1.21. The number of rotatable bonds is 6. The first-order valence-electron chi connectivity index (χ1n) is 7.41. The molecule has 2 rings (SSSR count). The van der Waals surface area contributed by atoms with Crippen molar-refractivity contribution in [2.75, 3.05) is 20.3 Å². The molecule has 5 nitrogen and oxygen atoms in total. The Kier molecular flexibility index (Phi) is 5.82. The van der Waals surface area contributed by atoms with Gasteiger partial charge in [0.25, 0.3) is 0 Å². The van der Waals surface area contributed by atoms with Gasteiger partial charge in [0.05, 0.1) is 25.0 Å². The smallest absolute Gasteiger partial charge is 0.416 e. The van der Waals surface area contributed by atoms with Gasteiger partial charge in [-0.25, -0.2) is 9.69 Å². The second-order valence-corrected chi connectivity index (χ2v) is 5.60. The molecule has 1 aromatic carbocycles. The van der Waals surface area contributed by atoms with E-state index in [1.807, 2.05) is 18.2 Å². The van der Waals surface area contributed by atoms with Crippen molar-refractivity contribution in [3.05, 3.63) is 35.9 Å². The largest absolute Gasteiger partial charge is 0.447 e. The van der Waals surface area contributed by atoms with E-state index in [-0.39, 0.29) is 6.61 Å². The number of nitrogens with zero attached hydrogens (tertiary/aromatic N) is 1. The number of methoxy groups -OCH3 is 1. The minimum atomic E-state index is -4.53. The van der Waals surface area contributed by atoms with E-state index in [0.717, 1.165) is 10.5 Å². The maximum atomic E-state index is 12.7. The van der Waals surface area contributed by atoms with E-state index in [0.29, 0.717) is 6.42 Å². The molecular weight excluding hydrogens is 327 g/mol. The monoisotopic (exact) mass is 345 g/mol. The molecular formula is C16H18F3NO4.